The summed E-state index contributed by atoms with van der Waals surface area (Å²) in [4.78, 5) is 28.5. The summed E-state index contributed by atoms with van der Waals surface area (Å²) in [5.74, 6) is -1.54. The lowest BCUT2D eigenvalue weighted by atomic mass is 10.1. The zero-order valence-corrected chi connectivity index (χ0v) is 12.1. The lowest BCUT2D eigenvalue weighted by Gasteiger charge is -2.27. The molecule has 1 heterocycles. The van der Waals surface area contributed by atoms with Crippen molar-refractivity contribution in [2.45, 2.75) is 26.8 Å². The minimum absolute atomic E-state index is 0.101. The van der Waals surface area contributed by atoms with Gasteiger partial charge in [0.05, 0.1) is 12.5 Å². The predicted molar refractivity (Wildman–Crippen MR) is 74.3 cm³/mol. The summed E-state index contributed by atoms with van der Waals surface area (Å²) in [6.07, 6.45) is 1.62. The van der Waals surface area contributed by atoms with Crippen LogP contribution in [0.5, 0.6) is 0 Å². The summed E-state index contributed by atoms with van der Waals surface area (Å²) in [6.45, 7) is 6.01. The van der Waals surface area contributed by atoms with E-state index in [4.69, 9.17) is 5.11 Å². The van der Waals surface area contributed by atoms with Gasteiger partial charge in [-0.25, -0.2) is 4.98 Å². The first-order valence-electron chi connectivity index (χ1n) is 6.06. The van der Waals surface area contributed by atoms with Gasteiger partial charge in [0, 0.05) is 24.2 Å². The smallest absolute Gasteiger partial charge is 0.307 e. The molecule has 0 aliphatic heterocycles. The first kappa shape index (κ1) is 15.6. The molecule has 0 aliphatic carbocycles. The Bertz CT molecular complexity index is 420. The van der Waals surface area contributed by atoms with Crippen molar-refractivity contribution < 1.29 is 14.7 Å². The quantitative estimate of drug-likeness (QED) is 0.793. The maximum Gasteiger partial charge on any atom is 0.307 e. The summed E-state index contributed by atoms with van der Waals surface area (Å²) >= 11 is 1.35. The molecule has 1 aromatic heterocycles. The van der Waals surface area contributed by atoms with Crippen LogP contribution in [0.15, 0.2) is 11.6 Å². The van der Waals surface area contributed by atoms with Gasteiger partial charge in [-0.15, -0.1) is 11.3 Å². The van der Waals surface area contributed by atoms with Crippen LogP contribution in [-0.4, -0.2) is 46.0 Å². The molecule has 6 nitrogen and oxygen atoms in total. The summed E-state index contributed by atoms with van der Waals surface area (Å²) in [6, 6.07) is 0.101. The van der Waals surface area contributed by atoms with Gasteiger partial charge in [0.25, 0.3) is 0 Å². The minimum Gasteiger partial charge on any atom is -0.481 e. The molecule has 0 saturated carbocycles. The Kier molecular flexibility index (Phi) is 5.91. The molecule has 106 valence electrons. The van der Waals surface area contributed by atoms with Crippen LogP contribution in [0.2, 0.25) is 0 Å². The lowest BCUT2D eigenvalue weighted by molar-refractivity contribution is -0.142. The summed E-state index contributed by atoms with van der Waals surface area (Å²) < 4.78 is 0. The molecule has 1 aromatic rings. The molecule has 0 spiro atoms. The van der Waals surface area contributed by atoms with Crippen molar-refractivity contribution in [2.75, 3.05) is 18.4 Å². The number of carboxylic acids is 1. The van der Waals surface area contributed by atoms with E-state index >= 15 is 0 Å². The largest absolute Gasteiger partial charge is 0.481 e. The summed E-state index contributed by atoms with van der Waals surface area (Å²) in [7, 11) is 0. The van der Waals surface area contributed by atoms with E-state index in [9.17, 15) is 9.59 Å². The third-order valence-corrected chi connectivity index (χ3v) is 3.37. The maximum absolute atomic E-state index is 11.8. The fourth-order valence-electron chi connectivity index (χ4n) is 1.52. The van der Waals surface area contributed by atoms with E-state index in [0.29, 0.717) is 11.7 Å². The highest BCUT2D eigenvalue weighted by Gasteiger charge is 2.20. The minimum atomic E-state index is -0.856. The van der Waals surface area contributed by atoms with Crippen molar-refractivity contribution in [3.8, 4) is 0 Å². The highest BCUT2D eigenvalue weighted by atomic mass is 32.1. The zero-order chi connectivity index (χ0) is 14.4. The van der Waals surface area contributed by atoms with Gasteiger partial charge in [-0.3, -0.25) is 14.5 Å². The number of carbonyl (C=O) groups is 2. The van der Waals surface area contributed by atoms with E-state index in [1.54, 1.807) is 18.5 Å². The molecule has 0 aromatic carbocycles. The van der Waals surface area contributed by atoms with Crippen LogP contribution >= 0.6 is 11.3 Å². The first-order chi connectivity index (χ1) is 8.90. The van der Waals surface area contributed by atoms with E-state index < -0.39 is 11.9 Å². The molecule has 1 rings (SSSR count). The number of hydrogen-bond acceptors (Lipinski definition) is 5. The van der Waals surface area contributed by atoms with Crippen LogP contribution in [0.4, 0.5) is 5.13 Å². The van der Waals surface area contributed by atoms with Crippen molar-refractivity contribution in [1.82, 2.24) is 9.88 Å². The SMILES string of the molecule is CC(CN(CC(=O)Nc1nccs1)C(C)C)C(=O)O. The van der Waals surface area contributed by atoms with Gasteiger partial charge in [0.1, 0.15) is 0 Å². The van der Waals surface area contributed by atoms with Gasteiger partial charge in [0.15, 0.2) is 5.13 Å². The van der Waals surface area contributed by atoms with Gasteiger partial charge >= 0.3 is 5.97 Å². The summed E-state index contributed by atoms with van der Waals surface area (Å²) in [5, 5.41) is 13.9. The van der Waals surface area contributed by atoms with E-state index in [1.807, 2.05) is 18.7 Å². The normalized spacial score (nSPS) is 12.7. The Morgan fingerprint density at radius 3 is 2.63 bits per heavy atom. The number of rotatable bonds is 7. The molecule has 1 atom stereocenters. The monoisotopic (exact) mass is 285 g/mol. The first-order valence-corrected chi connectivity index (χ1v) is 6.94. The highest BCUT2D eigenvalue weighted by molar-refractivity contribution is 7.13. The van der Waals surface area contributed by atoms with Gasteiger partial charge in [-0.2, -0.15) is 0 Å². The second-order valence-corrected chi connectivity index (χ2v) is 5.54. The van der Waals surface area contributed by atoms with Crippen LogP contribution in [0, 0.1) is 5.92 Å². The van der Waals surface area contributed by atoms with Gasteiger partial charge in [-0.05, 0) is 13.8 Å². The highest BCUT2D eigenvalue weighted by Crippen LogP contribution is 2.11. The van der Waals surface area contributed by atoms with Gasteiger partial charge in [-0.1, -0.05) is 6.92 Å². The molecule has 0 saturated heterocycles. The number of aliphatic carboxylic acids is 1. The topological polar surface area (TPSA) is 82.5 Å². The molecule has 0 radical (unpaired) electrons. The van der Waals surface area contributed by atoms with Crippen molar-refractivity contribution in [2.24, 2.45) is 5.92 Å². The van der Waals surface area contributed by atoms with Crippen molar-refractivity contribution >= 4 is 28.3 Å². The van der Waals surface area contributed by atoms with Crippen molar-refractivity contribution in [3.05, 3.63) is 11.6 Å². The maximum atomic E-state index is 11.8. The molecular formula is C12H19N3O3S. The molecule has 2 N–H and O–H groups in total. The van der Waals surface area contributed by atoms with Crippen molar-refractivity contribution in [1.29, 1.82) is 0 Å². The molecule has 0 aliphatic rings. The Balaban J connectivity index is 2.53. The third-order valence-electron chi connectivity index (χ3n) is 2.69. The molecule has 1 unspecified atom stereocenters. The predicted octanol–water partition coefficient (Wildman–Crippen LogP) is 1.51. The van der Waals surface area contributed by atoms with E-state index in [2.05, 4.69) is 10.3 Å². The number of carbonyl (C=O) groups excluding carboxylic acids is 1. The fourth-order valence-corrected chi connectivity index (χ4v) is 2.06. The van der Waals surface area contributed by atoms with Crippen LogP contribution < -0.4 is 5.32 Å². The average Bonchev–Trinajstić information content (AvgIpc) is 2.80. The lowest BCUT2D eigenvalue weighted by Crippen LogP contribution is -2.41. The second kappa shape index (κ2) is 7.20. The van der Waals surface area contributed by atoms with Gasteiger partial charge < -0.3 is 10.4 Å². The number of anilines is 1. The van der Waals surface area contributed by atoms with Crippen LogP contribution in [0.1, 0.15) is 20.8 Å². The number of amides is 1. The molecule has 0 fully saturated rings. The number of nitrogens with zero attached hydrogens (tertiary/aromatic N) is 2. The number of hydrogen-bond donors (Lipinski definition) is 2. The van der Waals surface area contributed by atoms with Crippen molar-refractivity contribution in [3.63, 3.8) is 0 Å². The average molecular weight is 285 g/mol. The van der Waals surface area contributed by atoms with Gasteiger partial charge in [0.2, 0.25) is 5.91 Å². The standard InChI is InChI=1S/C12H19N3O3S/c1-8(2)15(6-9(3)11(17)18)7-10(16)14-12-13-4-5-19-12/h4-5,8-9H,6-7H2,1-3H3,(H,17,18)(H,13,14,16). The number of aromatic nitrogens is 1. The third kappa shape index (κ3) is 5.35. The molecule has 7 heteroatoms. The van der Waals surface area contributed by atoms with E-state index in [0.717, 1.165) is 0 Å². The van der Waals surface area contributed by atoms with E-state index in [1.165, 1.54) is 11.3 Å². The Hall–Kier alpha value is -1.47. The molecule has 1 amide bonds. The zero-order valence-electron chi connectivity index (χ0n) is 11.3. The van der Waals surface area contributed by atoms with Crippen LogP contribution in [0.25, 0.3) is 0 Å². The second-order valence-electron chi connectivity index (χ2n) is 4.65. The Morgan fingerprint density at radius 2 is 2.16 bits per heavy atom. The Morgan fingerprint density at radius 1 is 1.47 bits per heavy atom. The fraction of sp³-hybridized carbons (Fsp3) is 0.583. The molecule has 0 bridgehead atoms. The van der Waals surface area contributed by atoms with E-state index in [-0.39, 0.29) is 18.5 Å². The van der Waals surface area contributed by atoms with Crippen LogP contribution in [-0.2, 0) is 9.59 Å². The molecular weight excluding hydrogens is 266 g/mol. The molecule has 19 heavy (non-hydrogen) atoms. The summed E-state index contributed by atoms with van der Waals surface area (Å²) in [5.41, 5.74) is 0. The number of thiazole rings is 1. The van der Waals surface area contributed by atoms with Crippen LogP contribution in [0.3, 0.4) is 0 Å². The number of carboxylic acid groups (broad SMARTS) is 1. The number of nitrogens with one attached hydrogen (secondary N) is 1. The Labute approximate surface area is 116 Å².